The molecule has 1 fully saturated rings. The lowest BCUT2D eigenvalue weighted by atomic mass is 10.0. The molecule has 23 heavy (non-hydrogen) atoms. The van der Waals surface area contributed by atoms with Crippen molar-refractivity contribution in [3.05, 3.63) is 54.1 Å². The van der Waals surface area contributed by atoms with Gasteiger partial charge < -0.3 is 20.4 Å². The standard InChI is InChI=1S/C18H20N2O3/c21-16-9-13(10-17(22)11-16)18(23)19-14-5-4-8-20(12-14)15-6-2-1-3-7-15/h1-3,6-7,9-11,14,21-22H,4-5,8,12H2,(H,19,23). The van der Waals surface area contributed by atoms with E-state index in [1.165, 1.54) is 18.2 Å². The van der Waals surface area contributed by atoms with Crippen molar-refractivity contribution in [3.63, 3.8) is 0 Å². The van der Waals surface area contributed by atoms with Gasteiger partial charge in [-0.3, -0.25) is 4.79 Å². The summed E-state index contributed by atoms with van der Waals surface area (Å²) in [5.41, 5.74) is 1.42. The van der Waals surface area contributed by atoms with Crippen molar-refractivity contribution in [2.24, 2.45) is 0 Å². The number of hydrogen-bond donors (Lipinski definition) is 3. The van der Waals surface area contributed by atoms with Crippen LogP contribution in [-0.4, -0.2) is 35.3 Å². The van der Waals surface area contributed by atoms with E-state index in [9.17, 15) is 15.0 Å². The normalized spacial score (nSPS) is 17.7. The predicted octanol–water partition coefficient (Wildman–Crippen LogP) is 2.50. The fraction of sp³-hybridized carbons (Fsp3) is 0.278. The molecule has 1 amide bonds. The van der Waals surface area contributed by atoms with Crippen molar-refractivity contribution in [1.82, 2.24) is 5.32 Å². The molecule has 3 rings (SSSR count). The van der Waals surface area contributed by atoms with E-state index in [0.29, 0.717) is 0 Å². The highest BCUT2D eigenvalue weighted by Crippen LogP contribution is 2.22. The lowest BCUT2D eigenvalue weighted by Crippen LogP contribution is -2.47. The number of hydrogen-bond acceptors (Lipinski definition) is 4. The number of phenolic OH excluding ortho intramolecular Hbond substituents is 2. The monoisotopic (exact) mass is 312 g/mol. The molecule has 1 unspecified atom stereocenters. The third-order valence-corrected chi connectivity index (χ3v) is 4.04. The lowest BCUT2D eigenvalue weighted by molar-refractivity contribution is 0.0932. The smallest absolute Gasteiger partial charge is 0.251 e. The Morgan fingerprint density at radius 1 is 1.09 bits per heavy atom. The number of rotatable bonds is 3. The summed E-state index contributed by atoms with van der Waals surface area (Å²) in [6.07, 6.45) is 1.92. The number of benzene rings is 2. The van der Waals surface area contributed by atoms with Crippen LogP contribution in [0.1, 0.15) is 23.2 Å². The van der Waals surface area contributed by atoms with Crippen LogP contribution >= 0.6 is 0 Å². The van der Waals surface area contributed by atoms with Crippen LogP contribution in [0.4, 0.5) is 5.69 Å². The van der Waals surface area contributed by atoms with Crippen LogP contribution in [0.2, 0.25) is 0 Å². The van der Waals surface area contributed by atoms with Gasteiger partial charge in [0.1, 0.15) is 11.5 Å². The maximum Gasteiger partial charge on any atom is 0.251 e. The first-order valence-corrected chi connectivity index (χ1v) is 7.76. The molecule has 0 aliphatic carbocycles. The van der Waals surface area contributed by atoms with E-state index in [1.54, 1.807) is 0 Å². The Hall–Kier alpha value is -2.69. The number of nitrogens with zero attached hydrogens (tertiary/aromatic N) is 1. The molecule has 0 saturated carbocycles. The van der Waals surface area contributed by atoms with E-state index in [1.807, 2.05) is 18.2 Å². The van der Waals surface area contributed by atoms with Gasteiger partial charge in [0.2, 0.25) is 0 Å². The number of nitrogens with one attached hydrogen (secondary N) is 1. The summed E-state index contributed by atoms with van der Waals surface area (Å²) in [7, 11) is 0. The molecule has 0 aromatic heterocycles. The fourth-order valence-electron chi connectivity index (χ4n) is 2.96. The van der Waals surface area contributed by atoms with Crippen molar-refractivity contribution in [3.8, 4) is 11.5 Å². The Balaban J connectivity index is 1.66. The summed E-state index contributed by atoms with van der Waals surface area (Å²) >= 11 is 0. The van der Waals surface area contributed by atoms with Crippen molar-refractivity contribution in [1.29, 1.82) is 0 Å². The van der Waals surface area contributed by atoms with Crippen molar-refractivity contribution < 1.29 is 15.0 Å². The average Bonchev–Trinajstić information content (AvgIpc) is 2.55. The Morgan fingerprint density at radius 3 is 2.48 bits per heavy atom. The van der Waals surface area contributed by atoms with E-state index in [2.05, 4.69) is 22.3 Å². The zero-order chi connectivity index (χ0) is 16.2. The minimum atomic E-state index is -0.281. The second-order valence-electron chi connectivity index (χ2n) is 5.83. The lowest BCUT2D eigenvalue weighted by Gasteiger charge is -2.34. The summed E-state index contributed by atoms with van der Waals surface area (Å²) in [5, 5.41) is 22.0. The summed E-state index contributed by atoms with van der Waals surface area (Å²) in [6, 6.07) is 14.1. The van der Waals surface area contributed by atoms with Gasteiger partial charge in [-0.15, -0.1) is 0 Å². The van der Waals surface area contributed by atoms with E-state index in [-0.39, 0.29) is 29.0 Å². The summed E-state index contributed by atoms with van der Waals surface area (Å²) in [4.78, 5) is 14.6. The van der Waals surface area contributed by atoms with Gasteiger partial charge in [-0.1, -0.05) is 18.2 Å². The maximum atomic E-state index is 12.3. The number of carbonyl (C=O) groups excluding carboxylic acids is 1. The van der Waals surface area contributed by atoms with Gasteiger partial charge in [0, 0.05) is 36.4 Å². The van der Waals surface area contributed by atoms with E-state index in [4.69, 9.17) is 0 Å². The van der Waals surface area contributed by atoms with Gasteiger partial charge in [-0.25, -0.2) is 0 Å². The number of amides is 1. The SMILES string of the molecule is O=C(NC1CCCN(c2ccccc2)C1)c1cc(O)cc(O)c1. The van der Waals surface area contributed by atoms with E-state index >= 15 is 0 Å². The molecule has 1 saturated heterocycles. The van der Waals surface area contributed by atoms with Crippen LogP contribution in [0.15, 0.2) is 48.5 Å². The van der Waals surface area contributed by atoms with Crippen molar-refractivity contribution in [2.45, 2.75) is 18.9 Å². The summed E-state index contributed by atoms with van der Waals surface area (Å²) in [5.74, 6) is -0.523. The van der Waals surface area contributed by atoms with Gasteiger partial charge >= 0.3 is 0 Å². The van der Waals surface area contributed by atoms with Crippen LogP contribution in [0.3, 0.4) is 0 Å². The van der Waals surface area contributed by atoms with Crippen LogP contribution in [0.25, 0.3) is 0 Å². The van der Waals surface area contributed by atoms with Gasteiger partial charge in [0.15, 0.2) is 0 Å². The van der Waals surface area contributed by atoms with Crippen LogP contribution in [0, 0.1) is 0 Å². The van der Waals surface area contributed by atoms with Crippen LogP contribution in [0.5, 0.6) is 11.5 Å². The first kappa shape index (κ1) is 15.2. The van der Waals surface area contributed by atoms with Gasteiger partial charge in [0.25, 0.3) is 5.91 Å². The summed E-state index contributed by atoms with van der Waals surface area (Å²) in [6.45, 7) is 1.73. The number of para-hydroxylation sites is 1. The minimum absolute atomic E-state index is 0.0425. The van der Waals surface area contributed by atoms with Crippen molar-refractivity contribution >= 4 is 11.6 Å². The molecule has 0 spiro atoms. The molecule has 5 nitrogen and oxygen atoms in total. The van der Waals surface area contributed by atoms with Crippen LogP contribution < -0.4 is 10.2 Å². The molecule has 1 aliphatic heterocycles. The average molecular weight is 312 g/mol. The Morgan fingerprint density at radius 2 is 1.78 bits per heavy atom. The first-order valence-electron chi connectivity index (χ1n) is 7.76. The zero-order valence-corrected chi connectivity index (χ0v) is 12.8. The Bertz CT molecular complexity index is 668. The van der Waals surface area contributed by atoms with Gasteiger partial charge in [-0.2, -0.15) is 0 Å². The fourth-order valence-corrected chi connectivity index (χ4v) is 2.96. The molecule has 2 aromatic rings. The molecule has 5 heteroatoms. The zero-order valence-electron chi connectivity index (χ0n) is 12.8. The van der Waals surface area contributed by atoms with E-state index in [0.717, 1.165) is 31.6 Å². The molecule has 1 aliphatic rings. The number of piperidine rings is 1. The second-order valence-corrected chi connectivity index (χ2v) is 5.83. The number of anilines is 1. The maximum absolute atomic E-state index is 12.3. The molecule has 1 atom stereocenters. The highest BCUT2D eigenvalue weighted by atomic mass is 16.3. The highest BCUT2D eigenvalue weighted by Gasteiger charge is 2.22. The van der Waals surface area contributed by atoms with Crippen LogP contribution in [-0.2, 0) is 0 Å². The largest absolute Gasteiger partial charge is 0.508 e. The quantitative estimate of drug-likeness (QED) is 0.814. The molecular weight excluding hydrogens is 292 g/mol. The minimum Gasteiger partial charge on any atom is -0.508 e. The predicted molar refractivity (Wildman–Crippen MR) is 88.9 cm³/mol. The molecule has 120 valence electrons. The molecule has 2 aromatic carbocycles. The second kappa shape index (κ2) is 6.60. The molecule has 0 radical (unpaired) electrons. The van der Waals surface area contributed by atoms with E-state index < -0.39 is 0 Å². The molecular formula is C18H20N2O3. The molecule has 3 N–H and O–H groups in total. The topological polar surface area (TPSA) is 72.8 Å². The van der Waals surface area contributed by atoms with Gasteiger partial charge in [0.05, 0.1) is 0 Å². The molecule has 0 bridgehead atoms. The summed E-state index contributed by atoms with van der Waals surface area (Å²) < 4.78 is 0. The van der Waals surface area contributed by atoms with Gasteiger partial charge in [-0.05, 0) is 37.1 Å². The Labute approximate surface area is 135 Å². The number of carbonyl (C=O) groups is 1. The first-order chi connectivity index (χ1) is 11.1. The third-order valence-electron chi connectivity index (χ3n) is 4.04. The third kappa shape index (κ3) is 3.74. The number of aromatic hydroxyl groups is 2. The van der Waals surface area contributed by atoms with Crippen molar-refractivity contribution in [2.75, 3.05) is 18.0 Å². The number of phenols is 2. The molecule has 1 heterocycles. The highest BCUT2D eigenvalue weighted by molar-refractivity contribution is 5.95. The Kier molecular flexibility index (Phi) is 4.37.